The molecule has 1 aromatic rings. The zero-order valence-electron chi connectivity index (χ0n) is 13.8. The van der Waals surface area contributed by atoms with E-state index in [4.69, 9.17) is 4.74 Å². The van der Waals surface area contributed by atoms with Gasteiger partial charge < -0.3 is 10.1 Å². The first-order valence-electron chi connectivity index (χ1n) is 8.15. The first-order valence-corrected chi connectivity index (χ1v) is 9.03. The molecule has 24 heavy (non-hydrogen) atoms. The molecule has 1 atom stereocenters. The average molecular weight is 346 g/mol. The Balaban J connectivity index is 1.78. The number of esters is 1. The van der Waals surface area contributed by atoms with Crippen molar-refractivity contribution in [3.05, 3.63) is 30.3 Å². The Kier molecular flexibility index (Phi) is 6.68. The zero-order valence-corrected chi connectivity index (χ0v) is 14.6. The fraction of sp³-hybridized carbons (Fsp3) is 0.500. The number of thioether (sulfide) groups is 1. The predicted octanol–water partition coefficient (Wildman–Crippen LogP) is 3.05. The van der Waals surface area contributed by atoms with Crippen molar-refractivity contribution >= 4 is 23.6 Å². The maximum atomic E-state index is 12.0. The Morgan fingerprint density at radius 2 is 1.96 bits per heavy atom. The number of amides is 1. The second kappa shape index (κ2) is 8.74. The number of carbonyl (C=O) groups excluding carboxylic acids is 2. The topological polar surface area (TPSA) is 79.2 Å². The molecule has 1 N–H and O–H groups in total. The van der Waals surface area contributed by atoms with Crippen LogP contribution in [0, 0.1) is 11.3 Å². The van der Waals surface area contributed by atoms with Gasteiger partial charge in [0.05, 0.1) is 6.07 Å². The van der Waals surface area contributed by atoms with Crippen molar-refractivity contribution in [3.8, 4) is 6.07 Å². The molecule has 5 nitrogen and oxygen atoms in total. The largest absolute Gasteiger partial charge is 0.455 e. The summed E-state index contributed by atoms with van der Waals surface area (Å²) >= 11 is 1.38. The molecule has 1 aliphatic carbocycles. The molecule has 0 unspecified atom stereocenters. The Hall–Kier alpha value is -2.00. The summed E-state index contributed by atoms with van der Waals surface area (Å²) in [6, 6.07) is 11.8. The van der Waals surface area contributed by atoms with Crippen LogP contribution in [-0.4, -0.2) is 29.3 Å². The van der Waals surface area contributed by atoms with Crippen LogP contribution in [-0.2, 0) is 14.3 Å². The van der Waals surface area contributed by atoms with Crippen molar-refractivity contribution < 1.29 is 14.3 Å². The highest BCUT2D eigenvalue weighted by Gasteiger charge is 2.33. The van der Waals surface area contributed by atoms with Crippen LogP contribution in [0.5, 0.6) is 0 Å². The van der Waals surface area contributed by atoms with E-state index in [0.717, 1.165) is 24.2 Å². The van der Waals surface area contributed by atoms with Gasteiger partial charge in [0, 0.05) is 4.90 Å². The van der Waals surface area contributed by atoms with Crippen LogP contribution in [0.1, 0.15) is 39.0 Å². The molecule has 1 fully saturated rings. The lowest BCUT2D eigenvalue weighted by Gasteiger charge is -2.31. The summed E-state index contributed by atoms with van der Waals surface area (Å²) in [5.74, 6) is -0.850. The quantitative estimate of drug-likeness (QED) is 0.632. The molecule has 1 aliphatic rings. The third-order valence-electron chi connectivity index (χ3n) is 4.03. The Morgan fingerprint density at radius 1 is 1.29 bits per heavy atom. The fourth-order valence-corrected chi connectivity index (χ4v) is 3.62. The maximum absolute atomic E-state index is 12.0. The summed E-state index contributed by atoms with van der Waals surface area (Å²) in [4.78, 5) is 25.0. The smallest absolute Gasteiger partial charge is 0.319 e. The lowest BCUT2D eigenvalue weighted by atomic mass is 9.83. The molecule has 0 saturated heterocycles. The summed E-state index contributed by atoms with van der Waals surface area (Å²) in [6.07, 6.45) is 4.26. The van der Waals surface area contributed by atoms with E-state index < -0.39 is 22.7 Å². The molecule has 0 aliphatic heterocycles. The number of carbonyl (C=O) groups is 2. The molecule has 0 aromatic heterocycles. The van der Waals surface area contributed by atoms with Crippen LogP contribution in [0.2, 0.25) is 0 Å². The van der Waals surface area contributed by atoms with E-state index in [1.54, 1.807) is 6.92 Å². The molecule has 1 amide bonds. The van der Waals surface area contributed by atoms with Crippen LogP contribution in [0.15, 0.2) is 35.2 Å². The van der Waals surface area contributed by atoms with Gasteiger partial charge in [0.2, 0.25) is 0 Å². The minimum atomic E-state index is -0.799. The number of benzene rings is 1. The van der Waals surface area contributed by atoms with Crippen molar-refractivity contribution in [1.82, 2.24) is 5.32 Å². The monoisotopic (exact) mass is 346 g/mol. The number of nitrogens with one attached hydrogen (secondary N) is 1. The average Bonchev–Trinajstić information content (AvgIpc) is 2.61. The van der Waals surface area contributed by atoms with Gasteiger partial charge in [-0.05, 0) is 31.9 Å². The highest BCUT2D eigenvalue weighted by molar-refractivity contribution is 8.00. The summed E-state index contributed by atoms with van der Waals surface area (Å²) in [6.45, 7) is 1.40. The van der Waals surface area contributed by atoms with Gasteiger partial charge in [-0.15, -0.1) is 11.8 Å². The number of ether oxygens (including phenoxy) is 1. The third kappa shape index (κ3) is 5.27. The minimum Gasteiger partial charge on any atom is -0.455 e. The van der Waals surface area contributed by atoms with E-state index in [0.29, 0.717) is 12.8 Å². The van der Waals surface area contributed by atoms with E-state index in [1.165, 1.54) is 11.8 Å². The molecule has 6 heteroatoms. The normalized spacial score (nSPS) is 17.3. The molecule has 0 bridgehead atoms. The third-order valence-corrected chi connectivity index (χ3v) is 5.12. The number of rotatable bonds is 6. The first-order chi connectivity index (χ1) is 11.5. The molecule has 2 rings (SSSR count). The van der Waals surface area contributed by atoms with E-state index in [9.17, 15) is 14.9 Å². The Bertz CT molecular complexity index is 606. The van der Waals surface area contributed by atoms with Crippen LogP contribution < -0.4 is 5.32 Å². The standard InChI is InChI=1S/C18H22N2O3S/c1-14(24-15-8-4-2-5-9-15)17(22)23-12-16(21)20-18(13-19)10-6-3-7-11-18/h2,4-5,8-9,14H,3,6-7,10-12H2,1H3,(H,20,21)/t14-/m1/s1. The molecule has 128 valence electrons. The molecule has 0 heterocycles. The highest BCUT2D eigenvalue weighted by atomic mass is 32.2. The fourth-order valence-electron chi connectivity index (χ4n) is 2.73. The van der Waals surface area contributed by atoms with Crippen molar-refractivity contribution in [1.29, 1.82) is 5.26 Å². The van der Waals surface area contributed by atoms with E-state index in [1.807, 2.05) is 30.3 Å². The summed E-state index contributed by atoms with van der Waals surface area (Å²) < 4.78 is 5.09. The van der Waals surface area contributed by atoms with Gasteiger partial charge in [0.15, 0.2) is 6.61 Å². The van der Waals surface area contributed by atoms with Gasteiger partial charge in [-0.1, -0.05) is 37.5 Å². The molecule has 0 radical (unpaired) electrons. The van der Waals surface area contributed by atoms with Crippen molar-refractivity contribution in [3.63, 3.8) is 0 Å². The minimum absolute atomic E-state index is 0.345. The Labute approximate surface area is 146 Å². The van der Waals surface area contributed by atoms with Gasteiger partial charge in [0.1, 0.15) is 10.8 Å². The lowest BCUT2D eigenvalue weighted by molar-refractivity contribution is -0.148. The van der Waals surface area contributed by atoms with E-state index in [-0.39, 0.29) is 6.61 Å². The second-order valence-corrected chi connectivity index (χ2v) is 7.40. The highest BCUT2D eigenvalue weighted by Crippen LogP contribution is 2.27. The van der Waals surface area contributed by atoms with Crippen LogP contribution in [0.25, 0.3) is 0 Å². The van der Waals surface area contributed by atoms with Gasteiger partial charge in [-0.2, -0.15) is 5.26 Å². The van der Waals surface area contributed by atoms with Gasteiger partial charge in [-0.25, -0.2) is 0 Å². The zero-order chi connectivity index (χ0) is 17.4. The van der Waals surface area contributed by atoms with Crippen LogP contribution in [0.3, 0.4) is 0 Å². The molecule has 1 aromatic carbocycles. The second-order valence-electron chi connectivity index (χ2n) is 5.98. The summed E-state index contributed by atoms with van der Waals surface area (Å²) in [5, 5.41) is 11.7. The number of nitriles is 1. The van der Waals surface area contributed by atoms with Gasteiger partial charge >= 0.3 is 5.97 Å². The predicted molar refractivity (Wildman–Crippen MR) is 92.3 cm³/mol. The Morgan fingerprint density at radius 3 is 2.58 bits per heavy atom. The van der Waals surface area contributed by atoms with Crippen LogP contribution in [0.4, 0.5) is 0 Å². The number of hydrogen-bond acceptors (Lipinski definition) is 5. The maximum Gasteiger partial charge on any atom is 0.319 e. The molecular formula is C18H22N2O3S. The molecule has 1 saturated carbocycles. The van der Waals surface area contributed by atoms with E-state index >= 15 is 0 Å². The summed E-state index contributed by atoms with van der Waals surface area (Å²) in [7, 11) is 0. The molecular weight excluding hydrogens is 324 g/mol. The van der Waals surface area contributed by atoms with Gasteiger partial charge in [0.25, 0.3) is 5.91 Å². The van der Waals surface area contributed by atoms with Crippen molar-refractivity contribution in [2.24, 2.45) is 0 Å². The number of nitrogens with zero attached hydrogens (tertiary/aromatic N) is 1. The SMILES string of the molecule is C[C@@H](Sc1ccccc1)C(=O)OCC(=O)NC1(C#N)CCCCC1. The van der Waals surface area contributed by atoms with E-state index in [2.05, 4.69) is 11.4 Å². The number of hydrogen-bond donors (Lipinski definition) is 1. The van der Waals surface area contributed by atoms with Gasteiger partial charge in [-0.3, -0.25) is 9.59 Å². The van der Waals surface area contributed by atoms with Crippen LogP contribution >= 0.6 is 11.8 Å². The first kappa shape index (κ1) is 18.3. The summed E-state index contributed by atoms with van der Waals surface area (Å²) in [5.41, 5.74) is -0.799. The van der Waals surface area contributed by atoms with Crippen molar-refractivity contribution in [2.45, 2.75) is 54.7 Å². The van der Waals surface area contributed by atoms with Crippen molar-refractivity contribution in [2.75, 3.05) is 6.61 Å². The molecule has 0 spiro atoms. The lowest BCUT2D eigenvalue weighted by Crippen LogP contribution is -2.50.